The number of ether oxygens (including phenoxy) is 3. The van der Waals surface area contributed by atoms with E-state index in [1.54, 1.807) is 19.3 Å². The molecule has 0 bridgehead atoms. The lowest BCUT2D eigenvalue weighted by atomic mass is 10.1. The number of carbonyl (C=O) groups is 1. The Bertz CT molecular complexity index is 765. The van der Waals surface area contributed by atoms with Crippen molar-refractivity contribution in [2.24, 2.45) is 0 Å². The van der Waals surface area contributed by atoms with Crippen molar-refractivity contribution in [2.45, 2.75) is 13.3 Å². The van der Waals surface area contributed by atoms with Gasteiger partial charge in [-0.3, -0.25) is 4.79 Å². The molecule has 0 heterocycles. The third-order valence-electron chi connectivity index (χ3n) is 3.54. The maximum absolute atomic E-state index is 12.3. The topological polar surface area (TPSA) is 65.0 Å². The molecule has 0 spiro atoms. The normalized spacial score (nSPS) is 10.7. The maximum Gasteiger partial charge on any atom is 0.185 e. The monoisotopic (exact) mass is 342 g/mol. The largest absolute Gasteiger partial charge is 0.504 e. The van der Waals surface area contributed by atoms with Crippen LogP contribution >= 0.6 is 0 Å². The number of aromatic hydroxyl groups is 1. The molecule has 1 N–H and O–H groups in total. The van der Waals surface area contributed by atoms with E-state index in [4.69, 9.17) is 14.2 Å². The molecule has 0 aliphatic carbocycles. The number of phenolic OH excluding ortho intramolecular Hbond substituents is 1. The summed E-state index contributed by atoms with van der Waals surface area (Å²) in [4.78, 5) is 12.3. The zero-order valence-electron chi connectivity index (χ0n) is 14.6. The summed E-state index contributed by atoms with van der Waals surface area (Å²) in [6, 6.07) is 9.98. The van der Waals surface area contributed by atoms with Gasteiger partial charge in [0.2, 0.25) is 0 Å². The van der Waals surface area contributed by atoms with Crippen molar-refractivity contribution in [1.82, 2.24) is 0 Å². The number of methoxy groups -OCH3 is 2. The van der Waals surface area contributed by atoms with Gasteiger partial charge in [0.15, 0.2) is 28.8 Å². The molecule has 25 heavy (non-hydrogen) atoms. The van der Waals surface area contributed by atoms with Crippen LogP contribution in [0.5, 0.6) is 23.0 Å². The van der Waals surface area contributed by atoms with Crippen molar-refractivity contribution in [3.05, 3.63) is 53.6 Å². The molecule has 2 rings (SSSR count). The molecule has 0 aromatic heterocycles. The molecule has 5 heteroatoms. The molecule has 2 aromatic carbocycles. The molecule has 132 valence electrons. The lowest BCUT2D eigenvalue weighted by Gasteiger charge is -2.10. The number of carbonyl (C=O) groups excluding carboxylic acids is 1. The van der Waals surface area contributed by atoms with E-state index in [2.05, 4.69) is 0 Å². The summed E-state index contributed by atoms with van der Waals surface area (Å²) in [6.07, 6.45) is 4.08. The standard InChI is InChI=1S/C20H22O5/c1-4-11-25-18-10-6-14(12-20(18)24-3)5-8-16(21)15-7-9-17(22)19(13-15)23-2/h5-10,12-13,22H,4,11H2,1-3H3/b8-5+. The maximum atomic E-state index is 12.3. The van der Waals surface area contributed by atoms with Crippen LogP contribution in [0.15, 0.2) is 42.5 Å². The number of allylic oxidation sites excluding steroid dienone is 1. The summed E-state index contributed by atoms with van der Waals surface area (Å²) in [7, 11) is 3.02. The van der Waals surface area contributed by atoms with Gasteiger partial charge in [-0.1, -0.05) is 19.1 Å². The van der Waals surface area contributed by atoms with Crippen LogP contribution in [-0.2, 0) is 0 Å². The van der Waals surface area contributed by atoms with Gasteiger partial charge in [0.05, 0.1) is 20.8 Å². The van der Waals surface area contributed by atoms with Gasteiger partial charge in [-0.15, -0.1) is 0 Å². The average Bonchev–Trinajstić information content (AvgIpc) is 2.64. The van der Waals surface area contributed by atoms with Crippen molar-refractivity contribution >= 4 is 11.9 Å². The highest BCUT2D eigenvalue weighted by atomic mass is 16.5. The Morgan fingerprint density at radius 2 is 1.80 bits per heavy atom. The van der Waals surface area contributed by atoms with E-state index in [0.29, 0.717) is 23.7 Å². The Balaban J connectivity index is 2.16. The number of hydrogen-bond donors (Lipinski definition) is 1. The molecule has 0 unspecified atom stereocenters. The van der Waals surface area contributed by atoms with Gasteiger partial charge in [-0.05, 0) is 48.4 Å². The minimum absolute atomic E-state index is 0.00423. The number of ketones is 1. The van der Waals surface area contributed by atoms with Crippen LogP contribution in [0.4, 0.5) is 0 Å². The minimum Gasteiger partial charge on any atom is -0.504 e. The molecule has 0 saturated carbocycles. The van der Waals surface area contributed by atoms with Gasteiger partial charge in [0.1, 0.15) is 0 Å². The molecule has 2 aromatic rings. The van der Waals surface area contributed by atoms with Crippen LogP contribution in [0.25, 0.3) is 6.08 Å². The Morgan fingerprint density at radius 3 is 2.48 bits per heavy atom. The second kappa shape index (κ2) is 8.78. The van der Waals surface area contributed by atoms with Gasteiger partial charge < -0.3 is 19.3 Å². The first-order valence-electron chi connectivity index (χ1n) is 7.99. The lowest BCUT2D eigenvalue weighted by Crippen LogP contribution is -1.98. The summed E-state index contributed by atoms with van der Waals surface area (Å²) in [5, 5.41) is 9.59. The van der Waals surface area contributed by atoms with Crippen molar-refractivity contribution in [3.8, 4) is 23.0 Å². The second-order valence-electron chi connectivity index (χ2n) is 5.34. The quantitative estimate of drug-likeness (QED) is 0.578. The molecule has 0 fully saturated rings. The molecule has 0 atom stereocenters. The minimum atomic E-state index is -0.191. The fourth-order valence-electron chi connectivity index (χ4n) is 2.22. The Labute approximate surface area is 147 Å². The molecule has 5 nitrogen and oxygen atoms in total. The summed E-state index contributed by atoms with van der Waals surface area (Å²) >= 11 is 0. The summed E-state index contributed by atoms with van der Waals surface area (Å²) in [6.45, 7) is 2.65. The molecular formula is C20H22O5. The lowest BCUT2D eigenvalue weighted by molar-refractivity contribution is 0.104. The zero-order valence-corrected chi connectivity index (χ0v) is 14.6. The van der Waals surface area contributed by atoms with E-state index in [1.807, 2.05) is 25.1 Å². The van der Waals surface area contributed by atoms with E-state index >= 15 is 0 Å². The molecule has 0 aliphatic rings. The molecule has 0 amide bonds. The van der Waals surface area contributed by atoms with Crippen LogP contribution in [0, 0.1) is 0 Å². The number of benzene rings is 2. The van der Waals surface area contributed by atoms with Gasteiger partial charge >= 0.3 is 0 Å². The smallest absolute Gasteiger partial charge is 0.185 e. The van der Waals surface area contributed by atoms with Crippen molar-refractivity contribution in [1.29, 1.82) is 0 Å². The highest BCUT2D eigenvalue weighted by Crippen LogP contribution is 2.29. The van der Waals surface area contributed by atoms with Gasteiger partial charge in [-0.2, -0.15) is 0 Å². The third-order valence-corrected chi connectivity index (χ3v) is 3.54. The summed E-state index contributed by atoms with van der Waals surface area (Å²) in [5.41, 5.74) is 1.25. The van der Waals surface area contributed by atoms with E-state index < -0.39 is 0 Å². The first-order chi connectivity index (χ1) is 12.1. The van der Waals surface area contributed by atoms with Crippen LogP contribution in [0.2, 0.25) is 0 Å². The fourth-order valence-corrected chi connectivity index (χ4v) is 2.22. The molecule has 0 saturated heterocycles. The van der Waals surface area contributed by atoms with Crippen molar-refractivity contribution in [2.75, 3.05) is 20.8 Å². The predicted molar refractivity (Wildman–Crippen MR) is 96.8 cm³/mol. The predicted octanol–water partition coefficient (Wildman–Crippen LogP) is 4.09. The first kappa shape index (κ1) is 18.4. The second-order valence-corrected chi connectivity index (χ2v) is 5.34. The van der Waals surface area contributed by atoms with Crippen LogP contribution in [0.3, 0.4) is 0 Å². The van der Waals surface area contributed by atoms with Crippen LogP contribution < -0.4 is 14.2 Å². The van der Waals surface area contributed by atoms with Gasteiger partial charge in [0, 0.05) is 5.56 Å². The van der Waals surface area contributed by atoms with Crippen molar-refractivity contribution < 1.29 is 24.1 Å². The van der Waals surface area contributed by atoms with E-state index in [1.165, 1.54) is 25.3 Å². The van der Waals surface area contributed by atoms with Crippen molar-refractivity contribution in [3.63, 3.8) is 0 Å². The van der Waals surface area contributed by atoms with E-state index in [-0.39, 0.29) is 17.3 Å². The highest BCUT2D eigenvalue weighted by molar-refractivity contribution is 6.07. The van der Waals surface area contributed by atoms with Gasteiger partial charge in [-0.25, -0.2) is 0 Å². The first-order valence-corrected chi connectivity index (χ1v) is 7.99. The Hall–Kier alpha value is -2.95. The number of rotatable bonds is 8. The SMILES string of the molecule is CCCOc1ccc(/C=C/C(=O)c2ccc(O)c(OC)c2)cc1OC. The fraction of sp³-hybridized carbons (Fsp3) is 0.250. The molecular weight excluding hydrogens is 320 g/mol. The average molecular weight is 342 g/mol. The summed E-state index contributed by atoms with van der Waals surface area (Å²) in [5.74, 6) is 1.36. The highest BCUT2D eigenvalue weighted by Gasteiger charge is 2.08. The number of phenols is 1. The Kier molecular flexibility index (Phi) is 6.46. The Morgan fingerprint density at radius 1 is 1.04 bits per heavy atom. The van der Waals surface area contributed by atoms with Crippen LogP contribution in [-0.4, -0.2) is 31.7 Å². The number of hydrogen-bond acceptors (Lipinski definition) is 5. The summed E-state index contributed by atoms with van der Waals surface area (Å²) < 4.78 is 16.0. The van der Waals surface area contributed by atoms with E-state index in [9.17, 15) is 9.90 Å². The van der Waals surface area contributed by atoms with Gasteiger partial charge in [0.25, 0.3) is 0 Å². The van der Waals surface area contributed by atoms with E-state index in [0.717, 1.165) is 12.0 Å². The van der Waals surface area contributed by atoms with Crippen LogP contribution in [0.1, 0.15) is 29.3 Å². The molecule has 0 aliphatic heterocycles. The third kappa shape index (κ3) is 4.76. The zero-order chi connectivity index (χ0) is 18.2. The molecule has 0 radical (unpaired) electrons.